The quantitative estimate of drug-likeness (QED) is 0.872. The van der Waals surface area contributed by atoms with Crippen LogP contribution in [0.5, 0.6) is 0 Å². The average molecular weight is 322 g/mol. The summed E-state index contributed by atoms with van der Waals surface area (Å²) in [6, 6.07) is 13.2. The van der Waals surface area contributed by atoms with E-state index in [1.54, 1.807) is 30.3 Å². The second kappa shape index (κ2) is 7.38. The van der Waals surface area contributed by atoms with Crippen LogP contribution >= 0.6 is 11.6 Å². The lowest BCUT2D eigenvalue weighted by Gasteiger charge is -2.21. The summed E-state index contributed by atoms with van der Waals surface area (Å²) in [5, 5.41) is 3.42. The number of amides is 1. The van der Waals surface area contributed by atoms with E-state index in [4.69, 9.17) is 11.6 Å². The summed E-state index contributed by atoms with van der Waals surface area (Å²) in [6.07, 6.45) is 0. The Morgan fingerprint density at radius 3 is 2.68 bits per heavy atom. The molecule has 0 bridgehead atoms. The van der Waals surface area contributed by atoms with Gasteiger partial charge < -0.3 is 10.2 Å². The number of nitrogens with one attached hydrogen (secondary N) is 2. The van der Waals surface area contributed by atoms with Gasteiger partial charge in [-0.25, -0.2) is 4.39 Å². The highest BCUT2D eigenvalue weighted by molar-refractivity contribution is 6.30. The van der Waals surface area contributed by atoms with Crippen molar-refractivity contribution in [1.82, 2.24) is 0 Å². The van der Waals surface area contributed by atoms with Crippen LogP contribution in [0, 0.1) is 5.82 Å². The third kappa shape index (κ3) is 4.55. The van der Waals surface area contributed by atoms with Crippen molar-refractivity contribution >= 4 is 23.2 Å². The Bertz CT molecular complexity index is 663. The van der Waals surface area contributed by atoms with E-state index in [9.17, 15) is 9.18 Å². The maximum Gasteiger partial charge on any atom is 0.282 e. The smallest absolute Gasteiger partial charge is 0.282 e. The maximum absolute atomic E-state index is 13.2. The molecule has 0 aromatic heterocycles. The predicted octanol–water partition coefficient (Wildman–Crippen LogP) is 2.52. The summed E-state index contributed by atoms with van der Waals surface area (Å²) in [5.74, 6) is -0.363. The summed E-state index contributed by atoms with van der Waals surface area (Å²) in [7, 11) is 1.91. The molecule has 2 atom stereocenters. The lowest BCUT2D eigenvalue weighted by molar-refractivity contribution is -0.907. The molecule has 0 heterocycles. The van der Waals surface area contributed by atoms with Crippen LogP contribution in [0.15, 0.2) is 48.5 Å². The zero-order chi connectivity index (χ0) is 16.1. The number of anilines is 1. The van der Waals surface area contributed by atoms with Crippen molar-refractivity contribution in [2.45, 2.75) is 19.5 Å². The Labute approximate surface area is 134 Å². The van der Waals surface area contributed by atoms with E-state index < -0.39 is 0 Å². The normalized spacial score (nSPS) is 13.5. The molecule has 0 aliphatic carbocycles. The Morgan fingerprint density at radius 1 is 1.27 bits per heavy atom. The third-order valence-corrected chi connectivity index (χ3v) is 3.83. The van der Waals surface area contributed by atoms with E-state index in [0.29, 0.717) is 17.3 Å². The molecular weight excluding hydrogens is 303 g/mol. The van der Waals surface area contributed by atoms with E-state index in [1.807, 2.05) is 20.0 Å². The number of hydrogen-bond donors (Lipinski definition) is 2. The fourth-order valence-corrected chi connectivity index (χ4v) is 2.35. The van der Waals surface area contributed by atoms with Gasteiger partial charge in [-0.1, -0.05) is 29.8 Å². The molecule has 0 aliphatic heterocycles. The molecule has 0 radical (unpaired) electrons. The molecule has 0 aliphatic rings. The molecule has 2 aromatic rings. The van der Waals surface area contributed by atoms with E-state index in [2.05, 4.69) is 5.32 Å². The molecule has 2 N–H and O–H groups in total. The van der Waals surface area contributed by atoms with Gasteiger partial charge in [0.2, 0.25) is 0 Å². The Hall–Kier alpha value is -1.91. The molecule has 0 saturated carbocycles. The number of hydrogen-bond acceptors (Lipinski definition) is 1. The largest absolute Gasteiger partial charge is 0.324 e. The Morgan fingerprint density at radius 2 is 2.00 bits per heavy atom. The molecule has 5 heteroatoms. The molecule has 0 spiro atoms. The first-order valence-electron chi connectivity index (χ1n) is 7.09. The van der Waals surface area contributed by atoms with Crippen molar-refractivity contribution in [3.63, 3.8) is 0 Å². The van der Waals surface area contributed by atoms with Gasteiger partial charge in [0.25, 0.3) is 5.91 Å². The van der Waals surface area contributed by atoms with Crippen molar-refractivity contribution < 1.29 is 14.1 Å². The van der Waals surface area contributed by atoms with Gasteiger partial charge in [-0.05, 0) is 37.3 Å². The van der Waals surface area contributed by atoms with Crippen LogP contribution in [0.25, 0.3) is 0 Å². The van der Waals surface area contributed by atoms with Crippen LogP contribution in [0.2, 0.25) is 5.02 Å². The predicted molar refractivity (Wildman–Crippen MR) is 86.5 cm³/mol. The first-order chi connectivity index (χ1) is 10.5. The monoisotopic (exact) mass is 321 g/mol. The number of halogens is 2. The molecule has 2 rings (SSSR count). The summed E-state index contributed by atoms with van der Waals surface area (Å²) < 4.78 is 13.2. The summed E-state index contributed by atoms with van der Waals surface area (Å²) >= 11 is 5.90. The number of quaternary nitrogens is 1. The van der Waals surface area contributed by atoms with Gasteiger partial charge in [-0.15, -0.1) is 0 Å². The molecule has 22 heavy (non-hydrogen) atoms. The van der Waals surface area contributed by atoms with Gasteiger partial charge in [-0.3, -0.25) is 4.79 Å². The fraction of sp³-hybridized carbons (Fsp3) is 0.235. The Kier molecular flexibility index (Phi) is 5.52. The van der Waals surface area contributed by atoms with Crippen LogP contribution in [0.4, 0.5) is 10.1 Å². The van der Waals surface area contributed by atoms with Crippen molar-refractivity contribution in [2.75, 3.05) is 12.4 Å². The minimum atomic E-state index is -0.276. The molecule has 0 fully saturated rings. The van der Waals surface area contributed by atoms with Crippen LogP contribution in [0.1, 0.15) is 12.5 Å². The number of carbonyl (C=O) groups excluding carboxylic acids is 1. The average Bonchev–Trinajstić information content (AvgIpc) is 2.46. The highest BCUT2D eigenvalue weighted by Gasteiger charge is 2.22. The van der Waals surface area contributed by atoms with Gasteiger partial charge in [0.1, 0.15) is 12.4 Å². The van der Waals surface area contributed by atoms with Gasteiger partial charge in [-0.2, -0.15) is 0 Å². The van der Waals surface area contributed by atoms with Crippen molar-refractivity contribution in [3.05, 3.63) is 64.9 Å². The van der Waals surface area contributed by atoms with Crippen LogP contribution in [-0.4, -0.2) is 19.0 Å². The first kappa shape index (κ1) is 16.5. The van der Waals surface area contributed by atoms with E-state index in [1.165, 1.54) is 12.1 Å². The van der Waals surface area contributed by atoms with Crippen LogP contribution < -0.4 is 10.2 Å². The molecule has 2 aromatic carbocycles. The highest BCUT2D eigenvalue weighted by atomic mass is 35.5. The van der Waals surface area contributed by atoms with Crippen molar-refractivity contribution in [2.24, 2.45) is 0 Å². The molecule has 1 unspecified atom stereocenters. The molecular formula is C17H19ClFN2O+. The first-order valence-corrected chi connectivity index (χ1v) is 7.46. The van der Waals surface area contributed by atoms with E-state index in [0.717, 1.165) is 10.5 Å². The number of rotatable bonds is 5. The van der Waals surface area contributed by atoms with Crippen LogP contribution in [-0.2, 0) is 11.3 Å². The second-order valence-electron chi connectivity index (χ2n) is 5.37. The molecule has 1 amide bonds. The van der Waals surface area contributed by atoms with E-state index >= 15 is 0 Å². The lowest BCUT2D eigenvalue weighted by atomic mass is 10.2. The molecule has 0 saturated heterocycles. The Balaban J connectivity index is 1.97. The summed E-state index contributed by atoms with van der Waals surface area (Å²) in [4.78, 5) is 13.3. The molecule has 116 valence electrons. The SMILES string of the molecule is C[C@H](C(=O)Nc1cccc(Cl)c1)[NH+](C)Cc1cccc(F)c1. The van der Waals surface area contributed by atoms with Gasteiger partial charge in [0.15, 0.2) is 6.04 Å². The second-order valence-corrected chi connectivity index (χ2v) is 5.81. The molecule has 3 nitrogen and oxygen atoms in total. The number of likely N-dealkylation sites (N-methyl/N-ethyl adjacent to an activating group) is 1. The van der Waals surface area contributed by atoms with E-state index in [-0.39, 0.29) is 17.8 Å². The highest BCUT2D eigenvalue weighted by Crippen LogP contribution is 2.14. The number of carbonyl (C=O) groups is 1. The fourth-order valence-electron chi connectivity index (χ4n) is 2.16. The minimum Gasteiger partial charge on any atom is -0.324 e. The standard InChI is InChI=1S/C17H18ClFN2O/c1-12(17(22)20-16-8-4-6-14(18)10-16)21(2)11-13-5-3-7-15(19)9-13/h3-10,12H,11H2,1-2H3,(H,20,22)/p+1/t12-/m1/s1. The van der Waals surface area contributed by atoms with Crippen LogP contribution in [0.3, 0.4) is 0 Å². The summed E-state index contributed by atoms with van der Waals surface area (Å²) in [5.41, 5.74) is 1.53. The lowest BCUT2D eigenvalue weighted by Crippen LogP contribution is -3.12. The van der Waals surface area contributed by atoms with Crippen molar-refractivity contribution in [3.8, 4) is 0 Å². The van der Waals surface area contributed by atoms with Gasteiger partial charge in [0, 0.05) is 16.3 Å². The number of benzene rings is 2. The zero-order valence-electron chi connectivity index (χ0n) is 12.6. The zero-order valence-corrected chi connectivity index (χ0v) is 13.3. The van der Waals surface area contributed by atoms with Gasteiger partial charge >= 0.3 is 0 Å². The third-order valence-electron chi connectivity index (χ3n) is 3.60. The summed E-state index contributed by atoms with van der Waals surface area (Å²) in [6.45, 7) is 2.41. The minimum absolute atomic E-state index is 0.101. The van der Waals surface area contributed by atoms with Crippen molar-refractivity contribution in [1.29, 1.82) is 0 Å². The van der Waals surface area contributed by atoms with Gasteiger partial charge in [0.05, 0.1) is 7.05 Å². The topological polar surface area (TPSA) is 33.5 Å². The maximum atomic E-state index is 13.2.